The first-order chi connectivity index (χ1) is 14.6. The molecule has 0 amide bonds. The average Bonchev–Trinajstić information content (AvgIpc) is 2.81. The maximum atomic E-state index is 13.1. The van der Waals surface area contributed by atoms with Gasteiger partial charge in [-0.25, -0.2) is 4.79 Å². The number of nitrogens with zero attached hydrogens (tertiary/aromatic N) is 1. The molecule has 0 bridgehead atoms. The van der Waals surface area contributed by atoms with E-state index in [1.807, 2.05) is 48.7 Å². The first-order valence-electron chi connectivity index (χ1n) is 9.78. The highest BCUT2D eigenvalue weighted by Gasteiger charge is 2.36. The predicted molar refractivity (Wildman–Crippen MR) is 114 cm³/mol. The molecule has 1 atom stereocenters. The second kappa shape index (κ2) is 8.14. The molecule has 2 aliphatic rings. The summed E-state index contributed by atoms with van der Waals surface area (Å²) in [5, 5.41) is 0. The summed E-state index contributed by atoms with van der Waals surface area (Å²) in [5.41, 5.74) is 4.38. The second-order valence-electron chi connectivity index (χ2n) is 7.12. The van der Waals surface area contributed by atoms with Crippen molar-refractivity contribution < 1.29 is 23.7 Å². The maximum absolute atomic E-state index is 13.1. The van der Waals surface area contributed by atoms with Gasteiger partial charge in [0, 0.05) is 29.8 Å². The lowest BCUT2D eigenvalue weighted by Crippen LogP contribution is -2.32. The van der Waals surface area contributed by atoms with Gasteiger partial charge in [0.15, 0.2) is 11.5 Å². The Bertz CT molecular complexity index is 1040. The number of rotatable bonds is 5. The number of benzene rings is 2. The number of carbonyl (C=O) groups excluding carboxylic acids is 1. The molecule has 2 aromatic rings. The summed E-state index contributed by atoms with van der Waals surface area (Å²) in [4.78, 5) is 15.2. The smallest absolute Gasteiger partial charge is 0.336 e. The third-order valence-electron chi connectivity index (χ3n) is 5.68. The van der Waals surface area contributed by atoms with Crippen molar-refractivity contribution in [3.63, 3.8) is 0 Å². The molecule has 0 unspecified atom stereocenters. The van der Waals surface area contributed by atoms with Crippen LogP contribution < -0.4 is 14.2 Å². The minimum absolute atomic E-state index is 0.293. The molecule has 2 heterocycles. The molecule has 0 saturated heterocycles. The van der Waals surface area contributed by atoms with Crippen molar-refractivity contribution in [2.24, 2.45) is 0 Å². The highest BCUT2D eigenvalue weighted by Crippen LogP contribution is 2.46. The molecular weight excluding hydrogens is 382 g/mol. The molecule has 0 fully saturated rings. The Morgan fingerprint density at radius 2 is 1.67 bits per heavy atom. The summed E-state index contributed by atoms with van der Waals surface area (Å²) >= 11 is 0. The summed E-state index contributed by atoms with van der Waals surface area (Å²) in [7, 11) is 6.28. The van der Waals surface area contributed by atoms with E-state index >= 15 is 0 Å². The first kappa shape index (κ1) is 19.9. The molecule has 0 radical (unpaired) electrons. The van der Waals surface area contributed by atoms with Crippen LogP contribution in [0.2, 0.25) is 0 Å². The van der Waals surface area contributed by atoms with Crippen LogP contribution in [0.15, 0.2) is 54.2 Å². The highest BCUT2D eigenvalue weighted by atomic mass is 16.5. The minimum Gasteiger partial charge on any atom is -0.496 e. The van der Waals surface area contributed by atoms with Crippen LogP contribution in [-0.2, 0) is 16.0 Å². The van der Waals surface area contributed by atoms with Gasteiger partial charge in [0.1, 0.15) is 5.75 Å². The lowest BCUT2D eigenvalue weighted by atomic mass is 9.82. The van der Waals surface area contributed by atoms with Gasteiger partial charge >= 0.3 is 5.97 Å². The fourth-order valence-electron chi connectivity index (χ4n) is 4.25. The van der Waals surface area contributed by atoms with E-state index in [4.69, 9.17) is 18.9 Å². The first-order valence-corrected chi connectivity index (χ1v) is 9.78. The standard InChI is InChI=1S/C24H25NO5/c1-27-19-8-6-5-7-16(19)17-10-12-25-11-9-15-13-20(28-2)21(29-3)14-18(15)23(25)22(17)24(26)30-4/h5-8,10,12-14,17H,9,11H2,1-4H3/t17-/m0/s1. The minimum atomic E-state index is -0.363. The van der Waals surface area contributed by atoms with Crippen LogP contribution in [0.3, 0.4) is 0 Å². The quantitative estimate of drug-likeness (QED) is 0.704. The van der Waals surface area contributed by atoms with E-state index in [0.29, 0.717) is 17.1 Å². The Kier molecular flexibility index (Phi) is 5.40. The molecule has 30 heavy (non-hydrogen) atoms. The molecule has 2 aromatic carbocycles. The number of ether oxygens (including phenoxy) is 4. The SMILES string of the molecule is COC(=O)C1=C2c3cc(OC)c(OC)cc3CCN2C=C[C@H]1c1ccccc1OC. The Morgan fingerprint density at radius 3 is 2.37 bits per heavy atom. The predicted octanol–water partition coefficient (Wildman–Crippen LogP) is 3.77. The van der Waals surface area contributed by atoms with E-state index in [1.165, 1.54) is 7.11 Å². The molecule has 0 spiro atoms. The average molecular weight is 407 g/mol. The van der Waals surface area contributed by atoms with Crippen LogP contribution in [0.4, 0.5) is 0 Å². The third kappa shape index (κ3) is 3.18. The third-order valence-corrected chi connectivity index (χ3v) is 5.68. The lowest BCUT2D eigenvalue weighted by Gasteiger charge is -2.37. The Morgan fingerprint density at radius 1 is 0.967 bits per heavy atom. The Labute approximate surface area is 176 Å². The summed E-state index contributed by atoms with van der Waals surface area (Å²) in [6, 6.07) is 11.7. The summed E-state index contributed by atoms with van der Waals surface area (Å²) < 4.78 is 21.8. The molecule has 6 nitrogen and oxygen atoms in total. The van der Waals surface area contributed by atoms with E-state index in [-0.39, 0.29) is 11.9 Å². The number of esters is 1. The van der Waals surface area contributed by atoms with E-state index in [0.717, 1.165) is 41.1 Å². The summed E-state index contributed by atoms with van der Waals surface area (Å²) in [6.45, 7) is 0.757. The molecule has 2 aliphatic heterocycles. The zero-order valence-electron chi connectivity index (χ0n) is 17.6. The fourth-order valence-corrected chi connectivity index (χ4v) is 4.25. The maximum Gasteiger partial charge on any atom is 0.336 e. The molecular formula is C24H25NO5. The number of hydrogen-bond acceptors (Lipinski definition) is 6. The van der Waals surface area contributed by atoms with E-state index in [1.54, 1.807) is 21.3 Å². The fraction of sp³-hybridized carbons (Fsp3) is 0.292. The Balaban J connectivity index is 1.97. The molecule has 6 heteroatoms. The van der Waals surface area contributed by atoms with E-state index in [9.17, 15) is 4.79 Å². The number of para-hydroxylation sites is 1. The van der Waals surface area contributed by atoms with E-state index < -0.39 is 0 Å². The van der Waals surface area contributed by atoms with Crippen molar-refractivity contribution in [3.05, 3.63) is 70.9 Å². The van der Waals surface area contributed by atoms with Gasteiger partial charge in [-0.1, -0.05) is 24.3 Å². The molecule has 0 aliphatic carbocycles. The molecule has 0 N–H and O–H groups in total. The topological polar surface area (TPSA) is 57.2 Å². The van der Waals surface area contributed by atoms with Crippen LogP contribution in [0.5, 0.6) is 17.2 Å². The van der Waals surface area contributed by atoms with Crippen molar-refractivity contribution in [2.45, 2.75) is 12.3 Å². The Hall–Kier alpha value is -3.41. The van der Waals surface area contributed by atoms with Gasteiger partial charge in [0.2, 0.25) is 0 Å². The van der Waals surface area contributed by atoms with Crippen molar-refractivity contribution in [1.82, 2.24) is 4.90 Å². The van der Waals surface area contributed by atoms with Crippen molar-refractivity contribution in [3.8, 4) is 17.2 Å². The van der Waals surface area contributed by atoms with Gasteiger partial charge in [0.25, 0.3) is 0 Å². The number of methoxy groups -OCH3 is 4. The normalized spacial score (nSPS) is 17.2. The second-order valence-corrected chi connectivity index (χ2v) is 7.12. The van der Waals surface area contributed by atoms with E-state index in [2.05, 4.69) is 4.90 Å². The zero-order valence-corrected chi connectivity index (χ0v) is 17.6. The summed E-state index contributed by atoms with van der Waals surface area (Å²) in [5.74, 6) is 1.37. The van der Waals surface area contributed by atoms with Gasteiger partial charge in [-0.2, -0.15) is 0 Å². The van der Waals surface area contributed by atoms with Crippen molar-refractivity contribution >= 4 is 11.7 Å². The molecule has 4 rings (SSSR count). The monoisotopic (exact) mass is 407 g/mol. The van der Waals surface area contributed by atoms with Gasteiger partial charge in [-0.3, -0.25) is 0 Å². The molecule has 156 valence electrons. The molecule has 0 saturated carbocycles. The number of allylic oxidation sites excluding steroid dienone is 1. The number of carbonyl (C=O) groups is 1. The van der Waals surface area contributed by atoms with Gasteiger partial charge in [-0.05, 0) is 30.2 Å². The zero-order chi connectivity index (χ0) is 21.3. The van der Waals surface area contributed by atoms with Crippen LogP contribution in [0.1, 0.15) is 22.6 Å². The van der Waals surface area contributed by atoms with Crippen LogP contribution >= 0.6 is 0 Å². The van der Waals surface area contributed by atoms with Crippen LogP contribution in [-0.4, -0.2) is 45.9 Å². The van der Waals surface area contributed by atoms with Crippen molar-refractivity contribution in [2.75, 3.05) is 35.0 Å². The number of fused-ring (bicyclic) bond motifs is 3. The van der Waals surface area contributed by atoms with Gasteiger partial charge in [-0.15, -0.1) is 0 Å². The van der Waals surface area contributed by atoms with Crippen LogP contribution in [0.25, 0.3) is 5.70 Å². The van der Waals surface area contributed by atoms with Gasteiger partial charge in [0.05, 0.1) is 39.7 Å². The molecule has 0 aromatic heterocycles. The largest absolute Gasteiger partial charge is 0.496 e. The van der Waals surface area contributed by atoms with Gasteiger partial charge < -0.3 is 23.8 Å². The number of hydrogen-bond donors (Lipinski definition) is 0. The lowest BCUT2D eigenvalue weighted by molar-refractivity contribution is -0.136. The summed E-state index contributed by atoms with van der Waals surface area (Å²) in [6.07, 6.45) is 4.90. The highest BCUT2D eigenvalue weighted by molar-refractivity contribution is 6.01. The van der Waals surface area contributed by atoms with Crippen molar-refractivity contribution in [1.29, 1.82) is 0 Å². The van der Waals surface area contributed by atoms with Crippen LogP contribution in [0, 0.1) is 0 Å².